The van der Waals surface area contributed by atoms with Gasteiger partial charge in [0.2, 0.25) is 0 Å². The molecule has 0 aliphatic carbocycles. The lowest BCUT2D eigenvalue weighted by molar-refractivity contribution is 0.0298. The zero-order valence-corrected chi connectivity index (χ0v) is 19.2. The summed E-state index contributed by atoms with van der Waals surface area (Å²) in [6.45, 7) is 2.27. The van der Waals surface area contributed by atoms with E-state index in [1.807, 2.05) is 46.0 Å². The van der Waals surface area contributed by atoms with Crippen LogP contribution in [0.1, 0.15) is 27.5 Å². The molecule has 3 aromatic rings. The van der Waals surface area contributed by atoms with Gasteiger partial charge in [0.25, 0.3) is 5.91 Å². The lowest BCUT2D eigenvalue weighted by atomic mass is 10.0. The van der Waals surface area contributed by atoms with Crippen LogP contribution in [0.3, 0.4) is 0 Å². The van der Waals surface area contributed by atoms with E-state index in [2.05, 4.69) is 17.1 Å². The maximum Gasteiger partial charge on any atom is 0.274 e. The van der Waals surface area contributed by atoms with E-state index in [0.29, 0.717) is 37.8 Å². The van der Waals surface area contributed by atoms with Crippen molar-refractivity contribution in [1.29, 1.82) is 5.41 Å². The number of morpholine rings is 1. The maximum atomic E-state index is 13.5. The van der Waals surface area contributed by atoms with Gasteiger partial charge in [-0.3, -0.25) is 9.79 Å². The molecule has 8 heteroatoms. The summed E-state index contributed by atoms with van der Waals surface area (Å²) < 4.78 is 7.33. The SMILES string of the molecule is CN=CC(C=N)c1cccc(-n2nc(C(=O)N3CCOCC3)c3c2-c2ccccc2SC3)c1. The Labute approximate surface area is 197 Å². The molecule has 5 rings (SSSR count). The molecule has 1 saturated heterocycles. The van der Waals surface area contributed by atoms with Gasteiger partial charge in [0.1, 0.15) is 0 Å². The van der Waals surface area contributed by atoms with Crippen LogP contribution in [0.5, 0.6) is 0 Å². The molecule has 1 aromatic heterocycles. The topological polar surface area (TPSA) is 83.6 Å². The van der Waals surface area contributed by atoms with E-state index >= 15 is 0 Å². The van der Waals surface area contributed by atoms with Crippen LogP contribution < -0.4 is 0 Å². The zero-order valence-electron chi connectivity index (χ0n) is 18.4. The van der Waals surface area contributed by atoms with Crippen LogP contribution in [-0.2, 0) is 10.5 Å². The fraction of sp³-hybridized carbons (Fsp3) is 0.280. The summed E-state index contributed by atoms with van der Waals surface area (Å²) in [5.41, 5.74) is 5.35. The van der Waals surface area contributed by atoms with Gasteiger partial charge >= 0.3 is 0 Å². The number of ether oxygens (including phenoxy) is 1. The predicted octanol–water partition coefficient (Wildman–Crippen LogP) is 4.05. The lowest BCUT2D eigenvalue weighted by Crippen LogP contribution is -2.41. The van der Waals surface area contributed by atoms with Crippen molar-refractivity contribution in [3.63, 3.8) is 0 Å². The summed E-state index contributed by atoms with van der Waals surface area (Å²) in [5.74, 6) is 0.446. The standard InChI is InChI=1S/C25H25N5O2S/c1-27-15-18(14-26)17-5-4-6-19(13-17)30-24-20-7-2-3-8-22(20)33-16-21(24)23(28-30)25(31)29-9-11-32-12-10-29/h2-8,13-15,18,26H,9-12,16H2,1H3. The number of carbonyl (C=O) groups excluding carboxylic acids is 1. The van der Waals surface area contributed by atoms with E-state index in [-0.39, 0.29) is 11.8 Å². The zero-order chi connectivity index (χ0) is 22.8. The number of aliphatic imine (C=N–C) groups is 1. The molecule has 1 amide bonds. The highest BCUT2D eigenvalue weighted by Crippen LogP contribution is 2.44. The Balaban J connectivity index is 1.66. The number of nitrogens with one attached hydrogen (secondary N) is 1. The average molecular weight is 460 g/mol. The van der Waals surface area contributed by atoms with Crippen molar-refractivity contribution < 1.29 is 9.53 Å². The van der Waals surface area contributed by atoms with Crippen LogP contribution in [0.25, 0.3) is 16.9 Å². The summed E-state index contributed by atoms with van der Waals surface area (Å²) in [6.07, 6.45) is 3.13. The van der Waals surface area contributed by atoms with Crippen molar-refractivity contribution in [2.45, 2.75) is 16.6 Å². The Kier molecular flexibility index (Phi) is 6.11. The minimum atomic E-state index is -0.210. The first-order valence-corrected chi connectivity index (χ1v) is 11.9. The molecule has 33 heavy (non-hydrogen) atoms. The molecule has 3 heterocycles. The van der Waals surface area contributed by atoms with Crippen molar-refractivity contribution in [3.8, 4) is 16.9 Å². The highest BCUT2D eigenvalue weighted by Gasteiger charge is 2.32. The molecule has 0 radical (unpaired) electrons. The maximum absolute atomic E-state index is 13.5. The number of rotatable bonds is 5. The van der Waals surface area contributed by atoms with Gasteiger partial charge in [0.05, 0.1) is 30.5 Å². The van der Waals surface area contributed by atoms with Gasteiger partial charge in [0, 0.05) is 54.3 Å². The van der Waals surface area contributed by atoms with Gasteiger partial charge in [-0.05, 0) is 23.8 Å². The Hall–Kier alpha value is -3.23. The molecule has 2 aliphatic rings. The molecule has 0 saturated carbocycles. The Bertz CT molecular complexity index is 1230. The van der Waals surface area contributed by atoms with Crippen LogP contribution in [0.2, 0.25) is 0 Å². The average Bonchev–Trinajstić information content (AvgIpc) is 3.28. The second kappa shape index (κ2) is 9.33. The second-order valence-corrected chi connectivity index (χ2v) is 8.99. The first kappa shape index (κ1) is 21.6. The number of aromatic nitrogens is 2. The predicted molar refractivity (Wildman–Crippen MR) is 131 cm³/mol. The Morgan fingerprint density at radius 1 is 1.21 bits per heavy atom. The number of thioether (sulfide) groups is 1. The van der Waals surface area contributed by atoms with Crippen LogP contribution in [0, 0.1) is 5.41 Å². The molecule has 7 nitrogen and oxygen atoms in total. The Morgan fingerprint density at radius 2 is 2.03 bits per heavy atom. The third-order valence-electron chi connectivity index (χ3n) is 5.99. The molecular weight excluding hydrogens is 434 g/mol. The number of hydrogen-bond donors (Lipinski definition) is 1. The lowest BCUT2D eigenvalue weighted by Gasteiger charge is -2.26. The highest BCUT2D eigenvalue weighted by molar-refractivity contribution is 7.98. The molecule has 168 valence electrons. The highest BCUT2D eigenvalue weighted by atomic mass is 32.2. The quantitative estimate of drug-likeness (QED) is 0.584. The van der Waals surface area contributed by atoms with Crippen molar-refractivity contribution in [2.75, 3.05) is 33.4 Å². The van der Waals surface area contributed by atoms with Crippen molar-refractivity contribution in [1.82, 2.24) is 14.7 Å². The molecule has 1 atom stereocenters. The fourth-order valence-electron chi connectivity index (χ4n) is 4.33. The summed E-state index contributed by atoms with van der Waals surface area (Å²) >= 11 is 1.74. The number of nitrogens with zero attached hydrogens (tertiary/aromatic N) is 4. The summed E-state index contributed by atoms with van der Waals surface area (Å²) in [5, 5.41) is 12.7. The number of hydrogen-bond acceptors (Lipinski definition) is 6. The van der Waals surface area contributed by atoms with Crippen molar-refractivity contribution in [3.05, 3.63) is 65.4 Å². The van der Waals surface area contributed by atoms with E-state index in [1.54, 1.807) is 25.0 Å². The molecule has 0 bridgehead atoms. The summed E-state index contributed by atoms with van der Waals surface area (Å²) in [7, 11) is 1.71. The monoisotopic (exact) mass is 459 g/mol. The number of fused-ring (bicyclic) bond motifs is 3. The van der Waals surface area contributed by atoms with Crippen LogP contribution in [-0.4, -0.2) is 66.4 Å². The van der Waals surface area contributed by atoms with E-state index in [9.17, 15) is 4.79 Å². The molecule has 2 aliphatic heterocycles. The number of benzene rings is 2. The van der Waals surface area contributed by atoms with Gasteiger partial charge < -0.3 is 15.0 Å². The van der Waals surface area contributed by atoms with E-state index in [1.165, 1.54) is 11.1 Å². The van der Waals surface area contributed by atoms with Gasteiger partial charge in [-0.2, -0.15) is 5.10 Å². The fourth-order valence-corrected chi connectivity index (χ4v) is 5.39. The molecule has 1 fully saturated rings. The van der Waals surface area contributed by atoms with Gasteiger partial charge in [-0.25, -0.2) is 4.68 Å². The van der Waals surface area contributed by atoms with Gasteiger partial charge in [0.15, 0.2) is 5.69 Å². The van der Waals surface area contributed by atoms with Crippen LogP contribution in [0.4, 0.5) is 0 Å². The summed E-state index contributed by atoms with van der Waals surface area (Å²) in [4.78, 5) is 20.6. The van der Waals surface area contributed by atoms with Gasteiger partial charge in [-0.1, -0.05) is 30.3 Å². The number of carbonyl (C=O) groups is 1. The Morgan fingerprint density at radius 3 is 2.82 bits per heavy atom. The van der Waals surface area contributed by atoms with Crippen molar-refractivity contribution in [2.24, 2.45) is 4.99 Å². The van der Waals surface area contributed by atoms with Gasteiger partial charge in [-0.15, -0.1) is 11.8 Å². The van der Waals surface area contributed by atoms with Crippen LogP contribution in [0.15, 0.2) is 58.4 Å². The normalized spacial score (nSPS) is 16.3. The molecule has 0 spiro atoms. The largest absolute Gasteiger partial charge is 0.378 e. The van der Waals surface area contributed by atoms with Crippen molar-refractivity contribution >= 4 is 30.1 Å². The minimum absolute atomic E-state index is 0.0417. The third-order valence-corrected chi connectivity index (χ3v) is 7.09. The minimum Gasteiger partial charge on any atom is -0.378 e. The second-order valence-electron chi connectivity index (χ2n) is 7.97. The van der Waals surface area contributed by atoms with E-state index in [4.69, 9.17) is 15.2 Å². The van der Waals surface area contributed by atoms with E-state index < -0.39 is 0 Å². The molecule has 2 aromatic carbocycles. The molecule has 1 N–H and O–H groups in total. The smallest absolute Gasteiger partial charge is 0.274 e. The molecule has 1 unspecified atom stereocenters. The summed E-state index contributed by atoms with van der Waals surface area (Å²) in [6, 6.07) is 16.2. The van der Waals surface area contributed by atoms with Crippen LogP contribution >= 0.6 is 11.8 Å². The first-order chi connectivity index (χ1) is 16.2. The number of amides is 1. The van der Waals surface area contributed by atoms with E-state index in [0.717, 1.165) is 28.1 Å². The molecular formula is C25H25N5O2S. The first-order valence-electron chi connectivity index (χ1n) is 11.0. The third kappa shape index (κ3) is 4.00.